The summed E-state index contributed by atoms with van der Waals surface area (Å²) in [4.78, 5) is 0. The van der Waals surface area contributed by atoms with E-state index in [4.69, 9.17) is 0 Å². The van der Waals surface area contributed by atoms with Crippen LogP contribution < -0.4 is 0 Å². The van der Waals surface area contributed by atoms with E-state index in [-0.39, 0.29) is 0 Å². The molecule has 0 spiro atoms. The molecule has 0 aromatic heterocycles. The van der Waals surface area contributed by atoms with Gasteiger partial charge in [0.2, 0.25) is 0 Å². The molecule has 1 aliphatic carbocycles. The van der Waals surface area contributed by atoms with Gasteiger partial charge in [-0.3, -0.25) is 0 Å². The van der Waals surface area contributed by atoms with Crippen LogP contribution in [0.15, 0.2) is 0 Å². The highest BCUT2D eigenvalue weighted by Gasteiger charge is 2.32. The molecule has 0 bridgehead atoms. The zero-order chi connectivity index (χ0) is 7.02. The molecule has 0 amide bonds. The van der Waals surface area contributed by atoms with Crippen molar-refractivity contribution in [3.63, 3.8) is 0 Å². The summed E-state index contributed by atoms with van der Waals surface area (Å²) in [7, 11) is 0. The van der Waals surface area contributed by atoms with Gasteiger partial charge < -0.3 is 0 Å². The van der Waals surface area contributed by atoms with Gasteiger partial charge in [0.05, 0.1) is 0 Å². The highest BCUT2D eigenvalue weighted by Crippen LogP contribution is 2.41. The van der Waals surface area contributed by atoms with Gasteiger partial charge in [0, 0.05) is 0 Å². The highest BCUT2D eigenvalue weighted by atomic mass is 14.4. The Morgan fingerprint density at radius 2 is 1.78 bits per heavy atom. The molecule has 0 aliphatic heterocycles. The van der Waals surface area contributed by atoms with Crippen LogP contribution in [0, 0.1) is 23.7 Å². The Labute approximate surface area is 58.7 Å². The van der Waals surface area contributed by atoms with Crippen molar-refractivity contribution in [2.45, 2.75) is 34.1 Å². The van der Waals surface area contributed by atoms with Crippen molar-refractivity contribution < 1.29 is 0 Å². The van der Waals surface area contributed by atoms with Crippen LogP contribution >= 0.6 is 0 Å². The predicted molar refractivity (Wildman–Crippen MR) is 41.0 cm³/mol. The summed E-state index contributed by atoms with van der Waals surface area (Å²) in [5.41, 5.74) is 0. The molecule has 3 unspecified atom stereocenters. The summed E-state index contributed by atoms with van der Waals surface area (Å²) in [5.74, 6) is 4.40. The Morgan fingerprint density at radius 1 is 1.22 bits per heavy atom. The number of rotatable bonds is 0. The predicted octanol–water partition coefficient (Wildman–Crippen LogP) is 2.89. The summed E-state index contributed by atoms with van der Waals surface area (Å²) in [6, 6.07) is 0. The molecule has 1 rings (SSSR count). The molecule has 0 saturated heterocycles. The summed E-state index contributed by atoms with van der Waals surface area (Å²) < 4.78 is 0. The molecule has 1 saturated carbocycles. The normalized spacial score (nSPS) is 46.0. The molecule has 3 atom stereocenters. The second-order valence-corrected chi connectivity index (χ2v) is 3.65. The Morgan fingerprint density at radius 3 is 1.89 bits per heavy atom. The van der Waals surface area contributed by atoms with E-state index < -0.39 is 0 Å². The minimum atomic E-state index is 0.875. The highest BCUT2D eigenvalue weighted by molar-refractivity contribution is 5.03. The Balaban J connectivity index is 2.54. The van der Waals surface area contributed by atoms with Gasteiger partial charge in [0.25, 0.3) is 0 Å². The molecule has 1 fully saturated rings. The number of hydrogen-bond donors (Lipinski definition) is 0. The van der Waals surface area contributed by atoms with Crippen LogP contribution in [0.5, 0.6) is 0 Å². The van der Waals surface area contributed by atoms with Crippen LogP contribution in [0.3, 0.4) is 0 Å². The molecule has 0 nitrogen and oxygen atoms in total. The van der Waals surface area contributed by atoms with Gasteiger partial charge in [-0.2, -0.15) is 0 Å². The lowest BCUT2D eigenvalue weighted by molar-refractivity contribution is 0.470. The van der Waals surface area contributed by atoms with E-state index in [1.165, 1.54) is 6.42 Å². The SMILES string of the molecule is C[C]1C(C)CC(C)C1C. The molecule has 0 heteroatoms. The van der Waals surface area contributed by atoms with E-state index in [9.17, 15) is 0 Å². The van der Waals surface area contributed by atoms with Crippen LogP contribution in [0.25, 0.3) is 0 Å². The summed E-state index contributed by atoms with van der Waals surface area (Å²) in [6.45, 7) is 9.36. The molecule has 1 aliphatic rings. The molecule has 53 valence electrons. The standard InChI is InChI=1S/C9H17/c1-6-5-7(2)9(4)8(6)3/h6-8H,5H2,1-4H3. The molecule has 0 aromatic carbocycles. The minimum absolute atomic E-state index is 0.875. The van der Waals surface area contributed by atoms with Crippen LogP contribution in [-0.4, -0.2) is 0 Å². The lowest BCUT2D eigenvalue weighted by atomic mass is 9.92. The first kappa shape index (κ1) is 7.11. The average molecular weight is 125 g/mol. The van der Waals surface area contributed by atoms with Gasteiger partial charge in [0.1, 0.15) is 0 Å². The second kappa shape index (κ2) is 2.32. The van der Waals surface area contributed by atoms with Gasteiger partial charge in [-0.05, 0) is 30.1 Å². The molecule has 9 heavy (non-hydrogen) atoms. The Kier molecular flexibility index (Phi) is 1.83. The second-order valence-electron chi connectivity index (χ2n) is 3.65. The average Bonchev–Trinajstić information content (AvgIpc) is 1.98. The van der Waals surface area contributed by atoms with Gasteiger partial charge in [0.15, 0.2) is 0 Å². The third-order valence-corrected chi connectivity index (χ3v) is 3.07. The van der Waals surface area contributed by atoms with E-state index in [2.05, 4.69) is 27.7 Å². The third kappa shape index (κ3) is 1.12. The topological polar surface area (TPSA) is 0 Å². The molecule has 0 N–H and O–H groups in total. The third-order valence-electron chi connectivity index (χ3n) is 3.07. The molecule has 0 aromatic rings. The van der Waals surface area contributed by atoms with Crippen LogP contribution in [0.1, 0.15) is 34.1 Å². The lowest BCUT2D eigenvalue weighted by Gasteiger charge is -2.13. The fourth-order valence-corrected chi connectivity index (χ4v) is 1.85. The first-order valence-electron chi connectivity index (χ1n) is 3.96. The zero-order valence-electron chi connectivity index (χ0n) is 6.94. The van der Waals surface area contributed by atoms with E-state index in [0.29, 0.717) is 0 Å². The Hall–Kier alpha value is 0. The van der Waals surface area contributed by atoms with Crippen LogP contribution in [0.2, 0.25) is 0 Å². The zero-order valence-corrected chi connectivity index (χ0v) is 6.94. The van der Waals surface area contributed by atoms with E-state index in [1.54, 1.807) is 5.92 Å². The first-order chi connectivity index (χ1) is 4.13. The quantitative estimate of drug-likeness (QED) is 0.467. The fraction of sp³-hybridized carbons (Fsp3) is 0.889. The van der Waals surface area contributed by atoms with Crippen molar-refractivity contribution in [3.8, 4) is 0 Å². The van der Waals surface area contributed by atoms with Gasteiger partial charge >= 0.3 is 0 Å². The van der Waals surface area contributed by atoms with Crippen LogP contribution in [-0.2, 0) is 0 Å². The van der Waals surface area contributed by atoms with E-state index in [0.717, 1.165) is 17.8 Å². The van der Waals surface area contributed by atoms with Gasteiger partial charge in [-0.25, -0.2) is 0 Å². The van der Waals surface area contributed by atoms with Crippen LogP contribution in [0.4, 0.5) is 0 Å². The van der Waals surface area contributed by atoms with Gasteiger partial charge in [-0.1, -0.05) is 27.7 Å². The summed E-state index contributed by atoms with van der Waals surface area (Å²) >= 11 is 0. The van der Waals surface area contributed by atoms with Crippen molar-refractivity contribution in [1.82, 2.24) is 0 Å². The van der Waals surface area contributed by atoms with E-state index in [1.807, 2.05) is 0 Å². The summed E-state index contributed by atoms with van der Waals surface area (Å²) in [5, 5.41) is 0. The number of hydrogen-bond acceptors (Lipinski definition) is 0. The molecule has 0 heterocycles. The lowest BCUT2D eigenvalue weighted by Crippen LogP contribution is -2.05. The van der Waals surface area contributed by atoms with Gasteiger partial charge in [-0.15, -0.1) is 0 Å². The van der Waals surface area contributed by atoms with Crippen molar-refractivity contribution >= 4 is 0 Å². The monoisotopic (exact) mass is 125 g/mol. The molecular formula is C9H17. The van der Waals surface area contributed by atoms with Crippen molar-refractivity contribution in [2.75, 3.05) is 0 Å². The fourth-order valence-electron chi connectivity index (χ4n) is 1.85. The largest absolute Gasteiger partial charge is 0.0622 e. The van der Waals surface area contributed by atoms with E-state index >= 15 is 0 Å². The summed E-state index contributed by atoms with van der Waals surface area (Å²) in [6.07, 6.45) is 1.41. The maximum atomic E-state index is 2.36. The molecule has 1 radical (unpaired) electrons. The van der Waals surface area contributed by atoms with Crippen molar-refractivity contribution in [2.24, 2.45) is 17.8 Å². The maximum absolute atomic E-state index is 2.36. The Bertz CT molecular complexity index is 84.2. The maximum Gasteiger partial charge on any atom is -0.0213 e. The minimum Gasteiger partial charge on any atom is -0.0622 e. The first-order valence-corrected chi connectivity index (χ1v) is 3.96. The molecular weight excluding hydrogens is 108 g/mol. The van der Waals surface area contributed by atoms with Crippen molar-refractivity contribution in [3.05, 3.63) is 5.92 Å². The van der Waals surface area contributed by atoms with Crippen molar-refractivity contribution in [1.29, 1.82) is 0 Å². The smallest absolute Gasteiger partial charge is 0.0213 e.